The normalized spacial score (nSPS) is 8.94. The summed E-state index contributed by atoms with van der Waals surface area (Å²) >= 11 is 0. The molecule has 4 amide bonds. The van der Waals surface area contributed by atoms with Gasteiger partial charge in [-0.05, 0) is 0 Å². The van der Waals surface area contributed by atoms with Crippen molar-refractivity contribution in [1.29, 1.82) is 0 Å². The Morgan fingerprint density at radius 1 is 0.647 bits per heavy atom. The predicted molar refractivity (Wildman–Crippen MR) is 63.3 cm³/mol. The zero-order valence-corrected chi connectivity index (χ0v) is 9.94. The van der Waals surface area contributed by atoms with E-state index in [2.05, 4.69) is 0 Å². The van der Waals surface area contributed by atoms with Crippen LogP contribution in [0.3, 0.4) is 0 Å². The van der Waals surface area contributed by atoms with Crippen LogP contribution in [0.1, 0.15) is 27.7 Å². The molecular weight excluding hydrogens is 235 g/mol. The number of nitrogens with zero attached hydrogens (tertiary/aromatic N) is 2. The fourth-order valence-electron chi connectivity index (χ4n) is 1.27. The first-order valence-electron chi connectivity index (χ1n) is 4.84. The number of imide groups is 2. The average Bonchev–Trinajstić information content (AvgIpc) is 2.09. The summed E-state index contributed by atoms with van der Waals surface area (Å²) in [7, 11) is 0. The van der Waals surface area contributed by atoms with Gasteiger partial charge < -0.3 is 0 Å². The SMILES string of the molecule is CC(=O)N(CCN(C(C)=O)C(C)=O)C(C)=O.[NaH]. The van der Waals surface area contributed by atoms with Gasteiger partial charge in [-0.3, -0.25) is 29.0 Å². The van der Waals surface area contributed by atoms with Crippen molar-refractivity contribution in [2.75, 3.05) is 13.1 Å². The Morgan fingerprint density at radius 2 is 0.824 bits per heavy atom. The van der Waals surface area contributed by atoms with E-state index in [1.165, 1.54) is 27.7 Å². The molecule has 0 aliphatic carbocycles. The number of carbonyl (C=O) groups is 4. The number of amides is 4. The summed E-state index contributed by atoms with van der Waals surface area (Å²) in [6.07, 6.45) is 0. The Hall–Kier alpha value is -0.720. The molecule has 0 radical (unpaired) electrons. The minimum absolute atomic E-state index is 0. The second-order valence-electron chi connectivity index (χ2n) is 3.38. The molecule has 0 aliphatic heterocycles. The van der Waals surface area contributed by atoms with Crippen LogP contribution in [0.15, 0.2) is 0 Å². The van der Waals surface area contributed by atoms with E-state index >= 15 is 0 Å². The van der Waals surface area contributed by atoms with Gasteiger partial charge in [0.15, 0.2) is 0 Å². The van der Waals surface area contributed by atoms with E-state index in [1.807, 2.05) is 0 Å². The van der Waals surface area contributed by atoms with E-state index in [0.29, 0.717) is 0 Å². The van der Waals surface area contributed by atoms with Gasteiger partial charge in [0.05, 0.1) is 0 Å². The fourth-order valence-corrected chi connectivity index (χ4v) is 1.27. The molecule has 7 heteroatoms. The number of hydrogen-bond donors (Lipinski definition) is 0. The van der Waals surface area contributed by atoms with E-state index in [4.69, 9.17) is 0 Å². The van der Waals surface area contributed by atoms with Crippen molar-refractivity contribution in [3.63, 3.8) is 0 Å². The maximum absolute atomic E-state index is 11.1. The van der Waals surface area contributed by atoms with Crippen LogP contribution in [-0.4, -0.2) is 76.1 Å². The third kappa shape index (κ3) is 6.55. The first-order chi connectivity index (χ1) is 7.27. The monoisotopic (exact) mass is 252 g/mol. The van der Waals surface area contributed by atoms with Crippen LogP contribution in [0, 0.1) is 0 Å². The molecule has 0 atom stereocenters. The Kier molecular flexibility index (Phi) is 9.19. The maximum atomic E-state index is 11.1. The fraction of sp³-hybridized carbons (Fsp3) is 0.600. The minimum atomic E-state index is -0.403. The van der Waals surface area contributed by atoms with Gasteiger partial charge >= 0.3 is 29.6 Å². The zero-order chi connectivity index (χ0) is 12.9. The molecule has 0 spiro atoms. The van der Waals surface area contributed by atoms with Crippen LogP contribution in [0.5, 0.6) is 0 Å². The van der Waals surface area contributed by atoms with Crippen LogP contribution < -0.4 is 0 Å². The van der Waals surface area contributed by atoms with Crippen molar-refractivity contribution in [2.45, 2.75) is 27.7 Å². The van der Waals surface area contributed by atoms with E-state index in [1.54, 1.807) is 0 Å². The van der Waals surface area contributed by atoms with Crippen molar-refractivity contribution in [2.24, 2.45) is 0 Å². The molecule has 0 aliphatic rings. The van der Waals surface area contributed by atoms with Crippen LogP contribution in [0.4, 0.5) is 0 Å². The van der Waals surface area contributed by atoms with Gasteiger partial charge in [-0.2, -0.15) is 0 Å². The van der Waals surface area contributed by atoms with Crippen LogP contribution in [0.2, 0.25) is 0 Å². The van der Waals surface area contributed by atoms with E-state index in [-0.39, 0.29) is 42.6 Å². The summed E-state index contributed by atoms with van der Waals surface area (Å²) in [6, 6.07) is 0. The second kappa shape index (κ2) is 8.38. The van der Waals surface area contributed by atoms with Gasteiger partial charge in [0.1, 0.15) is 0 Å². The van der Waals surface area contributed by atoms with E-state index in [0.717, 1.165) is 9.80 Å². The van der Waals surface area contributed by atoms with E-state index in [9.17, 15) is 19.2 Å². The van der Waals surface area contributed by atoms with Gasteiger partial charge in [0.2, 0.25) is 23.6 Å². The molecule has 17 heavy (non-hydrogen) atoms. The van der Waals surface area contributed by atoms with Crippen LogP contribution in [0.25, 0.3) is 0 Å². The van der Waals surface area contributed by atoms with Crippen molar-refractivity contribution >= 4 is 53.2 Å². The molecule has 0 rings (SSSR count). The van der Waals surface area contributed by atoms with Gasteiger partial charge in [-0.25, -0.2) is 0 Å². The summed E-state index contributed by atoms with van der Waals surface area (Å²) in [5.74, 6) is -1.61. The van der Waals surface area contributed by atoms with Crippen molar-refractivity contribution in [3.8, 4) is 0 Å². The first kappa shape index (κ1) is 18.6. The standard InChI is InChI=1S/C10H16N2O4.Na.H/c1-7(13)11(8(2)14)5-6-12(9(3)15)10(4)16;;/h5-6H2,1-4H3;;. The summed E-state index contributed by atoms with van der Waals surface area (Å²) in [5.41, 5.74) is 0. The van der Waals surface area contributed by atoms with Crippen molar-refractivity contribution in [1.82, 2.24) is 9.80 Å². The Bertz CT molecular complexity index is 270. The number of rotatable bonds is 3. The molecule has 0 saturated heterocycles. The molecule has 0 aromatic rings. The molecule has 0 bridgehead atoms. The molecule has 0 unspecified atom stereocenters. The third-order valence-corrected chi connectivity index (χ3v) is 2.07. The molecule has 0 fully saturated rings. The van der Waals surface area contributed by atoms with Gasteiger partial charge in [0, 0.05) is 40.8 Å². The van der Waals surface area contributed by atoms with Crippen LogP contribution in [-0.2, 0) is 19.2 Å². The molecule has 0 saturated carbocycles. The van der Waals surface area contributed by atoms with Crippen molar-refractivity contribution < 1.29 is 19.2 Å². The molecular formula is C10H17N2NaO4. The summed E-state index contributed by atoms with van der Waals surface area (Å²) in [5, 5.41) is 0. The molecule has 92 valence electrons. The molecule has 6 nitrogen and oxygen atoms in total. The van der Waals surface area contributed by atoms with Crippen LogP contribution >= 0.6 is 0 Å². The van der Waals surface area contributed by atoms with Crippen molar-refractivity contribution in [3.05, 3.63) is 0 Å². The second-order valence-corrected chi connectivity index (χ2v) is 3.38. The Balaban J connectivity index is 0. The molecule has 0 aromatic heterocycles. The average molecular weight is 252 g/mol. The van der Waals surface area contributed by atoms with Gasteiger partial charge in [-0.15, -0.1) is 0 Å². The van der Waals surface area contributed by atoms with E-state index < -0.39 is 23.6 Å². The quantitative estimate of drug-likeness (QED) is 0.612. The summed E-state index contributed by atoms with van der Waals surface area (Å²) < 4.78 is 0. The Labute approximate surface area is 123 Å². The molecule has 0 N–H and O–H groups in total. The first-order valence-corrected chi connectivity index (χ1v) is 4.84. The van der Waals surface area contributed by atoms with Gasteiger partial charge in [0.25, 0.3) is 0 Å². The molecule has 0 aromatic carbocycles. The number of hydrogen-bond acceptors (Lipinski definition) is 4. The Morgan fingerprint density at radius 3 is 0.941 bits per heavy atom. The third-order valence-electron chi connectivity index (χ3n) is 2.07. The number of carbonyl (C=O) groups excluding carboxylic acids is 4. The zero-order valence-electron chi connectivity index (χ0n) is 9.94. The van der Waals surface area contributed by atoms with Gasteiger partial charge in [-0.1, -0.05) is 0 Å². The molecule has 0 heterocycles. The summed E-state index contributed by atoms with van der Waals surface area (Å²) in [4.78, 5) is 46.2. The summed E-state index contributed by atoms with van der Waals surface area (Å²) in [6.45, 7) is 5.09. The predicted octanol–water partition coefficient (Wildman–Crippen LogP) is -0.872. The topological polar surface area (TPSA) is 74.8 Å².